The summed E-state index contributed by atoms with van der Waals surface area (Å²) < 4.78 is 2.46. The van der Waals surface area contributed by atoms with Crippen molar-refractivity contribution in [3.63, 3.8) is 0 Å². The number of rotatable bonds is 30. The Morgan fingerprint density at radius 1 is 0.500 bits per heavy atom. The second-order valence-electron chi connectivity index (χ2n) is 21.5. The van der Waals surface area contributed by atoms with Gasteiger partial charge in [0.25, 0.3) is 11.1 Å². The van der Waals surface area contributed by atoms with Crippen LogP contribution in [-0.2, 0) is 32.6 Å². The lowest BCUT2D eigenvalue weighted by molar-refractivity contribution is -0.263. The third kappa shape index (κ3) is 18.9. The highest BCUT2D eigenvalue weighted by Gasteiger charge is 2.34. The molecule has 5 aliphatic rings. The van der Waals surface area contributed by atoms with E-state index in [-0.39, 0.29) is 149 Å². The van der Waals surface area contributed by atoms with Gasteiger partial charge in [-0.3, -0.25) is 104 Å². The lowest BCUT2D eigenvalue weighted by Gasteiger charge is -2.43. The average Bonchev–Trinajstić information content (AvgIpc) is 3.45. The zero-order valence-corrected chi connectivity index (χ0v) is 45.5. The molecule has 0 amide bonds. The van der Waals surface area contributed by atoms with Gasteiger partial charge in [0.2, 0.25) is 11.8 Å². The van der Waals surface area contributed by atoms with E-state index in [1.165, 1.54) is 21.3 Å². The van der Waals surface area contributed by atoms with E-state index in [9.17, 15) is 30.0 Å². The molecule has 0 aromatic carbocycles. The van der Waals surface area contributed by atoms with Crippen molar-refractivity contribution in [2.45, 2.75) is 153 Å². The van der Waals surface area contributed by atoms with Crippen LogP contribution in [0.15, 0.2) is 42.2 Å². The first-order chi connectivity index (χ1) is 38.8. The number of aliphatic hydroxyl groups is 2. The maximum absolute atomic E-state index is 13.2. The summed E-state index contributed by atoms with van der Waals surface area (Å²) in [6, 6.07) is 2.51. The van der Waals surface area contributed by atoms with E-state index in [4.69, 9.17) is 21.0 Å². The number of pyridine rings is 2. The fourth-order valence-electron chi connectivity index (χ4n) is 11.6. The fourth-order valence-corrected chi connectivity index (χ4v) is 11.6. The molecule has 20 N–H and O–H groups in total. The molecule has 3 aliphatic carbocycles. The van der Waals surface area contributed by atoms with Gasteiger partial charge in [-0.15, -0.1) is 10.2 Å². The minimum absolute atomic E-state index is 0.0324. The first kappa shape index (κ1) is 63.4. The van der Waals surface area contributed by atoms with Crippen LogP contribution in [-0.4, -0.2) is 178 Å². The quantitative estimate of drug-likeness (QED) is 0.0241. The first-order valence-corrected chi connectivity index (χ1v) is 27.8. The zero-order chi connectivity index (χ0) is 57.0. The van der Waals surface area contributed by atoms with Crippen molar-refractivity contribution in [2.24, 2.45) is 44.1 Å². The van der Waals surface area contributed by atoms with Gasteiger partial charge < -0.3 is 20.4 Å². The van der Waals surface area contributed by atoms with Crippen molar-refractivity contribution in [1.82, 2.24) is 72.9 Å². The average molecular weight is 1140 g/mol. The summed E-state index contributed by atoms with van der Waals surface area (Å²) >= 11 is 0. The van der Waals surface area contributed by atoms with Crippen LogP contribution in [0.25, 0.3) is 0 Å². The van der Waals surface area contributed by atoms with E-state index in [2.05, 4.69) is 104 Å². The van der Waals surface area contributed by atoms with Crippen LogP contribution in [0.4, 0.5) is 11.4 Å². The Balaban J connectivity index is 0.890. The van der Waals surface area contributed by atoms with Gasteiger partial charge in [0.15, 0.2) is 0 Å². The Hall–Kier alpha value is -4.18. The normalized spacial score (nSPS) is 30.6. The maximum Gasteiger partial charge on any atom is 0.253 e. The number of azo groups is 2. The molecule has 452 valence electrons. The summed E-state index contributed by atoms with van der Waals surface area (Å²) in [6.45, 7) is 4.99. The summed E-state index contributed by atoms with van der Waals surface area (Å²) in [5, 5.41) is 137. The zero-order valence-electron chi connectivity index (χ0n) is 45.5. The van der Waals surface area contributed by atoms with Crippen LogP contribution in [0.2, 0.25) is 0 Å². The molecule has 32 nitrogen and oxygen atoms in total. The van der Waals surface area contributed by atoms with Crippen molar-refractivity contribution in [3.8, 4) is 11.8 Å². The molecule has 0 radical (unpaired) electrons. The van der Waals surface area contributed by atoms with Crippen LogP contribution < -0.4 is 74.9 Å². The summed E-state index contributed by atoms with van der Waals surface area (Å²) in [5.41, 5.74) is 0.445. The molecule has 2 aliphatic heterocycles. The Kier molecular flexibility index (Phi) is 25.8. The smallest absolute Gasteiger partial charge is 0.253 e. The number of nitrogens with zero attached hydrogens (tertiary/aromatic N) is 6. The minimum atomic E-state index is -0.467. The Morgan fingerprint density at radius 3 is 1.12 bits per heavy atom. The van der Waals surface area contributed by atoms with E-state index >= 15 is 0 Å². The monoisotopic (exact) mass is 1140 g/mol. The predicted octanol–water partition coefficient (Wildman–Crippen LogP) is -1.47. The molecule has 4 heterocycles. The Morgan fingerprint density at radius 2 is 0.812 bits per heavy atom. The highest BCUT2D eigenvalue weighted by atomic mass is 17.1. The standard InChI is InChI=1S/C48H86N18O14/c1-27-15-37(69)65(41(71)39(27)63-61-35-19-29(23-77-73)17-30(20-35)24-78-74)11-7-49-43-55-45(51-9-13-67)59-47(57-43)53-33-3-5-34(6-4-33)54-48-58-44(56-46(60-48)52-10-14-68)50-8-12-66-38(70)16-28(2)40(42(66)72)64-62-36-21-31(25-79-75)18-32(22-36)26-80-76/h15-16,29-36,43-60,67-68,71-76H,3-14,17-26H2,1-2H3. The molecule has 0 spiro atoms. The van der Waals surface area contributed by atoms with Gasteiger partial charge in [-0.05, 0) is 113 Å². The van der Waals surface area contributed by atoms with Crippen LogP contribution in [0.3, 0.4) is 0 Å². The Bertz CT molecular complexity index is 2180. The Labute approximate surface area is 463 Å². The van der Waals surface area contributed by atoms with Gasteiger partial charge in [0.05, 0.1) is 51.7 Å². The van der Waals surface area contributed by atoms with Crippen LogP contribution in [0, 0.1) is 37.5 Å². The number of nitrogens with one attached hydrogen (secondary N) is 12. The molecule has 7 rings (SSSR count). The number of hydrogen-bond donors (Lipinski definition) is 20. The number of hydrogen-bond acceptors (Lipinski definition) is 30. The number of aliphatic hydroxyl groups excluding tert-OH is 2. The number of aryl methyl sites for hydroxylation is 2. The lowest BCUT2D eigenvalue weighted by atomic mass is 9.79. The molecule has 80 heavy (non-hydrogen) atoms. The topological polar surface area (TPSA) is 437 Å². The van der Waals surface area contributed by atoms with Gasteiger partial charge in [-0.2, -0.15) is 10.2 Å². The molecular weight excluding hydrogens is 1050 g/mol. The largest absolute Gasteiger partial charge is 0.493 e. The second kappa shape index (κ2) is 32.6. The SMILES string of the molecule is Cc1cc(=O)n(CCNC2NC(NCCO)NC(NC3CCC(NC4NC(NCCO)NC(NCCn5c(O)c(N=NC6CC(COO)CC(COO)C6)c(C)cc5=O)N4)CC3)N2)c(O)c1N=NC1CC(COO)CC(COO)C1. The molecule has 10 atom stereocenters. The molecule has 32 heteroatoms. The fraction of sp³-hybridized carbons (Fsp3) is 0.792. The van der Waals surface area contributed by atoms with Gasteiger partial charge in [0, 0.05) is 63.5 Å². The van der Waals surface area contributed by atoms with E-state index in [0.717, 1.165) is 25.7 Å². The summed E-state index contributed by atoms with van der Waals surface area (Å²) in [4.78, 5) is 43.9. The predicted molar refractivity (Wildman–Crippen MR) is 287 cm³/mol. The first-order valence-electron chi connectivity index (χ1n) is 27.8. The molecule has 2 saturated heterocycles. The highest BCUT2D eigenvalue weighted by Crippen LogP contribution is 2.36. The van der Waals surface area contributed by atoms with Crippen molar-refractivity contribution in [3.05, 3.63) is 44.0 Å². The molecule has 10 unspecified atom stereocenters. The van der Waals surface area contributed by atoms with Crippen LogP contribution in [0.1, 0.15) is 75.3 Å². The molecule has 2 aromatic heterocycles. The second-order valence-corrected chi connectivity index (χ2v) is 21.5. The van der Waals surface area contributed by atoms with Crippen LogP contribution in [0.5, 0.6) is 11.8 Å². The minimum Gasteiger partial charge on any atom is -0.493 e. The molecule has 3 saturated carbocycles. The van der Waals surface area contributed by atoms with E-state index in [1.807, 2.05) is 0 Å². The van der Waals surface area contributed by atoms with Crippen molar-refractivity contribution in [1.29, 1.82) is 0 Å². The number of aromatic hydroxyl groups is 2. The molecule has 0 bridgehead atoms. The summed E-state index contributed by atoms with van der Waals surface area (Å²) in [6.07, 6.45) is 4.53. The van der Waals surface area contributed by atoms with Gasteiger partial charge in [0.1, 0.15) is 49.1 Å². The van der Waals surface area contributed by atoms with E-state index in [0.29, 0.717) is 62.7 Å². The van der Waals surface area contributed by atoms with Gasteiger partial charge in [-0.25, -0.2) is 19.6 Å². The van der Waals surface area contributed by atoms with Gasteiger partial charge >= 0.3 is 0 Å². The van der Waals surface area contributed by atoms with E-state index < -0.39 is 36.3 Å². The van der Waals surface area contributed by atoms with Crippen molar-refractivity contribution < 1.29 is 61.0 Å². The lowest BCUT2D eigenvalue weighted by Crippen LogP contribution is -2.78. The van der Waals surface area contributed by atoms with Crippen molar-refractivity contribution in [2.75, 3.05) is 65.8 Å². The van der Waals surface area contributed by atoms with Crippen LogP contribution >= 0.6 is 0 Å². The molecule has 5 fully saturated rings. The summed E-state index contributed by atoms with van der Waals surface area (Å²) in [7, 11) is 0. The number of aromatic nitrogens is 2. The van der Waals surface area contributed by atoms with Crippen molar-refractivity contribution >= 4 is 11.4 Å². The van der Waals surface area contributed by atoms with E-state index in [1.54, 1.807) is 13.8 Å². The summed E-state index contributed by atoms with van der Waals surface area (Å²) in [5.74, 6) is -0.767. The third-order valence-electron chi connectivity index (χ3n) is 15.4. The maximum atomic E-state index is 13.2. The molecule has 2 aromatic rings. The molecular formula is C48H86N18O14. The van der Waals surface area contributed by atoms with Gasteiger partial charge in [-0.1, -0.05) is 0 Å². The highest BCUT2D eigenvalue weighted by molar-refractivity contribution is 5.53. The third-order valence-corrected chi connectivity index (χ3v) is 15.4.